The number of rotatable bonds is 12. The highest BCUT2D eigenvalue weighted by Gasteiger charge is 2.11. The molecule has 1 atom stereocenters. The maximum Gasteiger partial charge on any atom is 0.145 e. The number of halogens is 1. The minimum absolute atomic E-state index is 0.234. The summed E-state index contributed by atoms with van der Waals surface area (Å²) in [6, 6.07) is 3.02. The summed E-state index contributed by atoms with van der Waals surface area (Å²) in [5, 5.41) is 0. The van der Waals surface area contributed by atoms with Crippen LogP contribution in [0, 0.1) is 5.82 Å². The minimum Gasteiger partial charge on any atom is -0.462 e. The number of ether oxygens (including phenoxy) is 1. The number of pyridine rings is 1. The summed E-state index contributed by atoms with van der Waals surface area (Å²) in [5.74, 6) is 0.818. The number of aromatic nitrogens is 1. The summed E-state index contributed by atoms with van der Waals surface area (Å²) in [6.45, 7) is 20.8. The predicted octanol–water partition coefficient (Wildman–Crippen LogP) is 8.31. The summed E-state index contributed by atoms with van der Waals surface area (Å²) < 4.78 is 20.1. The molecule has 0 N–H and O–H groups in total. The molecule has 0 fully saturated rings. The van der Waals surface area contributed by atoms with Gasteiger partial charge >= 0.3 is 0 Å². The summed E-state index contributed by atoms with van der Waals surface area (Å²) in [7, 11) is 0. The van der Waals surface area contributed by atoms with Crippen molar-refractivity contribution in [2.24, 2.45) is 0 Å². The molecule has 0 amide bonds. The Morgan fingerprint density at radius 3 is 2.31 bits per heavy atom. The molecule has 166 valence electrons. The van der Waals surface area contributed by atoms with Crippen LogP contribution in [-0.2, 0) is 4.74 Å². The van der Waals surface area contributed by atoms with Crippen LogP contribution in [0.15, 0.2) is 128 Å². The first-order chi connectivity index (χ1) is 15.4. The van der Waals surface area contributed by atoms with Crippen molar-refractivity contribution in [3.63, 3.8) is 0 Å². The van der Waals surface area contributed by atoms with Crippen molar-refractivity contribution in [1.82, 2.24) is 4.98 Å². The van der Waals surface area contributed by atoms with Crippen molar-refractivity contribution >= 4 is 6.08 Å². The van der Waals surface area contributed by atoms with Crippen molar-refractivity contribution < 1.29 is 9.13 Å². The van der Waals surface area contributed by atoms with E-state index in [2.05, 4.69) is 31.3 Å². The molecule has 1 aromatic heterocycles. The zero-order chi connectivity index (χ0) is 23.9. The van der Waals surface area contributed by atoms with Gasteiger partial charge in [-0.1, -0.05) is 81.8 Å². The molecule has 0 aromatic carbocycles. The topological polar surface area (TPSA) is 22.1 Å². The Morgan fingerprint density at radius 2 is 1.72 bits per heavy atom. The van der Waals surface area contributed by atoms with Gasteiger partial charge in [0.2, 0.25) is 0 Å². The Labute approximate surface area is 192 Å². The van der Waals surface area contributed by atoms with E-state index in [0.29, 0.717) is 22.9 Å². The molecule has 1 unspecified atom stereocenters. The first-order valence-electron chi connectivity index (χ1n) is 10.3. The van der Waals surface area contributed by atoms with Crippen molar-refractivity contribution in [1.29, 1.82) is 0 Å². The van der Waals surface area contributed by atoms with Crippen LogP contribution in [0.1, 0.15) is 38.1 Å². The normalized spacial score (nSPS) is 14.5. The zero-order valence-electron chi connectivity index (χ0n) is 19.2. The van der Waals surface area contributed by atoms with Crippen LogP contribution in [0.2, 0.25) is 0 Å². The third-order valence-electron chi connectivity index (χ3n) is 4.34. The average Bonchev–Trinajstić information content (AvgIpc) is 2.78. The van der Waals surface area contributed by atoms with Gasteiger partial charge in [-0.25, -0.2) is 9.37 Å². The highest BCUT2D eigenvalue weighted by Crippen LogP contribution is 2.22. The number of hydrogen-bond donors (Lipinski definition) is 0. The largest absolute Gasteiger partial charge is 0.462 e. The molecule has 0 saturated heterocycles. The van der Waals surface area contributed by atoms with E-state index in [0.717, 1.165) is 11.1 Å². The van der Waals surface area contributed by atoms with Crippen LogP contribution in [0.5, 0.6) is 0 Å². The van der Waals surface area contributed by atoms with Gasteiger partial charge in [0.05, 0.1) is 11.4 Å². The quantitative estimate of drug-likeness (QED) is 0.246. The molecule has 0 aliphatic rings. The van der Waals surface area contributed by atoms with E-state index < -0.39 is 0 Å². The summed E-state index contributed by atoms with van der Waals surface area (Å²) in [6.07, 6.45) is 21.7. The standard InChI is InChI=1S/C29H32FNO/c1-8-13-25(18-16-22(6)29-28(30)21-20-26(12-5)31-29)24(11-4)19-17-23(7)32-27(14-9-2)15-10-3/h8-22H,1-2,4-5H2,3,6-7H3/b15-10-,18-16-,23-17+,24-19+,25-13+,27-14+. The molecule has 32 heavy (non-hydrogen) atoms. The van der Waals surface area contributed by atoms with Crippen LogP contribution in [0.25, 0.3) is 6.08 Å². The Kier molecular flexibility index (Phi) is 11.8. The van der Waals surface area contributed by atoms with Gasteiger partial charge in [0.25, 0.3) is 0 Å². The molecule has 3 heteroatoms. The number of nitrogens with zero attached hydrogens (tertiary/aromatic N) is 1. The SMILES string of the molecule is C=C/C=C(\C=C/C)O/C(C)=C/C=C(C=C)/C(/C=C\C(C)c1nc(C=C)ccc1F)=C/C=C. The van der Waals surface area contributed by atoms with Crippen LogP contribution < -0.4 is 0 Å². The van der Waals surface area contributed by atoms with E-state index >= 15 is 0 Å². The van der Waals surface area contributed by atoms with Gasteiger partial charge in [0.1, 0.15) is 17.3 Å². The molecule has 0 bridgehead atoms. The highest BCUT2D eigenvalue weighted by atomic mass is 19.1. The fraction of sp³-hybridized carbons (Fsp3) is 0.138. The van der Waals surface area contributed by atoms with E-state index in [4.69, 9.17) is 4.74 Å². The number of hydrogen-bond acceptors (Lipinski definition) is 2. The Hall–Kier alpha value is -3.72. The second-order valence-electron chi connectivity index (χ2n) is 6.82. The molecule has 0 spiro atoms. The first-order valence-corrected chi connectivity index (χ1v) is 10.3. The maximum absolute atomic E-state index is 14.3. The average molecular weight is 430 g/mol. The van der Waals surface area contributed by atoms with E-state index in [-0.39, 0.29) is 11.7 Å². The lowest BCUT2D eigenvalue weighted by Gasteiger charge is -2.10. The van der Waals surface area contributed by atoms with Crippen LogP contribution in [0.4, 0.5) is 4.39 Å². The summed E-state index contributed by atoms with van der Waals surface area (Å²) in [4.78, 5) is 4.33. The lowest BCUT2D eigenvalue weighted by Crippen LogP contribution is -2.00. The van der Waals surface area contributed by atoms with Crippen LogP contribution in [0.3, 0.4) is 0 Å². The fourth-order valence-corrected chi connectivity index (χ4v) is 2.73. The minimum atomic E-state index is -0.346. The number of allylic oxidation sites excluding steroid dienone is 14. The van der Waals surface area contributed by atoms with Crippen LogP contribution in [-0.4, -0.2) is 4.98 Å². The third-order valence-corrected chi connectivity index (χ3v) is 4.34. The molecule has 0 aliphatic carbocycles. The van der Waals surface area contributed by atoms with Gasteiger partial charge in [-0.15, -0.1) is 0 Å². The van der Waals surface area contributed by atoms with E-state index in [1.165, 1.54) is 6.07 Å². The molecular formula is C29H32FNO. The second-order valence-corrected chi connectivity index (χ2v) is 6.82. The van der Waals surface area contributed by atoms with Gasteiger partial charge in [-0.3, -0.25) is 0 Å². The Balaban J connectivity index is 3.17. The molecular weight excluding hydrogens is 397 g/mol. The lowest BCUT2D eigenvalue weighted by molar-refractivity contribution is 0.322. The van der Waals surface area contributed by atoms with Gasteiger partial charge in [-0.05, 0) is 61.4 Å². The van der Waals surface area contributed by atoms with Crippen molar-refractivity contribution in [2.45, 2.75) is 26.7 Å². The molecule has 0 saturated carbocycles. The summed E-state index contributed by atoms with van der Waals surface area (Å²) in [5.41, 5.74) is 2.75. The van der Waals surface area contributed by atoms with Gasteiger partial charge < -0.3 is 4.74 Å². The van der Waals surface area contributed by atoms with E-state index in [1.54, 1.807) is 36.4 Å². The monoisotopic (exact) mass is 429 g/mol. The Morgan fingerprint density at radius 1 is 1.00 bits per heavy atom. The highest BCUT2D eigenvalue weighted by molar-refractivity contribution is 5.49. The molecule has 1 aromatic rings. The molecule has 0 radical (unpaired) electrons. The van der Waals surface area contributed by atoms with Gasteiger partial charge in [0.15, 0.2) is 0 Å². The zero-order valence-corrected chi connectivity index (χ0v) is 19.2. The predicted molar refractivity (Wildman–Crippen MR) is 136 cm³/mol. The Bertz CT molecular complexity index is 1020. The molecule has 1 rings (SSSR count). The van der Waals surface area contributed by atoms with E-state index in [1.807, 2.05) is 63.3 Å². The molecule has 2 nitrogen and oxygen atoms in total. The second kappa shape index (κ2) is 14.3. The molecule has 0 aliphatic heterocycles. The maximum atomic E-state index is 14.3. The fourth-order valence-electron chi connectivity index (χ4n) is 2.73. The summed E-state index contributed by atoms with van der Waals surface area (Å²) >= 11 is 0. The van der Waals surface area contributed by atoms with Crippen molar-refractivity contribution in [3.05, 3.63) is 145 Å². The van der Waals surface area contributed by atoms with Crippen molar-refractivity contribution in [3.8, 4) is 0 Å². The smallest absolute Gasteiger partial charge is 0.145 e. The van der Waals surface area contributed by atoms with Crippen molar-refractivity contribution in [2.75, 3.05) is 0 Å². The lowest BCUT2D eigenvalue weighted by atomic mass is 10.00. The first kappa shape index (κ1) is 26.3. The third kappa shape index (κ3) is 8.57. The van der Waals surface area contributed by atoms with Gasteiger partial charge in [-0.2, -0.15) is 0 Å². The molecule has 1 heterocycles. The van der Waals surface area contributed by atoms with Crippen LogP contribution >= 0.6 is 0 Å². The van der Waals surface area contributed by atoms with Gasteiger partial charge in [0, 0.05) is 5.92 Å². The van der Waals surface area contributed by atoms with E-state index in [9.17, 15) is 4.39 Å².